The Kier molecular flexibility index (Phi) is 1.51. The summed E-state index contributed by atoms with van der Waals surface area (Å²) in [5.41, 5.74) is 1.28. The summed E-state index contributed by atoms with van der Waals surface area (Å²) in [6, 6.07) is 4.03. The number of aromatic nitrogens is 2. The zero-order chi connectivity index (χ0) is 7.68. The summed E-state index contributed by atoms with van der Waals surface area (Å²) in [7, 11) is 0. The van der Waals surface area contributed by atoms with Crippen LogP contribution in [0.25, 0.3) is 5.00 Å². The minimum atomic E-state index is 1.20. The van der Waals surface area contributed by atoms with Gasteiger partial charge in [0.05, 0.1) is 0 Å². The molecule has 0 aliphatic rings. The molecule has 0 saturated carbocycles. The SMILES string of the molecule is Cc1ccsc1-n1cccn1. The standard InChI is InChI=1S/C8H8N2S/c1-7-3-6-11-8(7)10-5-2-4-9-10/h2-6H,1H3. The van der Waals surface area contributed by atoms with Gasteiger partial charge in [0.25, 0.3) is 0 Å². The Labute approximate surface area is 69.1 Å². The molecule has 0 fully saturated rings. The number of hydrogen-bond donors (Lipinski definition) is 0. The first-order valence-electron chi connectivity index (χ1n) is 3.42. The third kappa shape index (κ3) is 1.07. The molecule has 11 heavy (non-hydrogen) atoms. The van der Waals surface area contributed by atoms with E-state index in [-0.39, 0.29) is 0 Å². The lowest BCUT2D eigenvalue weighted by Crippen LogP contribution is -1.91. The van der Waals surface area contributed by atoms with E-state index >= 15 is 0 Å². The fraction of sp³-hybridized carbons (Fsp3) is 0.125. The van der Waals surface area contributed by atoms with Crippen LogP contribution in [0.3, 0.4) is 0 Å². The van der Waals surface area contributed by atoms with Crippen LogP contribution in [-0.4, -0.2) is 9.78 Å². The maximum absolute atomic E-state index is 4.15. The summed E-state index contributed by atoms with van der Waals surface area (Å²) in [5.74, 6) is 0. The highest BCUT2D eigenvalue weighted by Crippen LogP contribution is 2.18. The third-order valence-electron chi connectivity index (χ3n) is 1.55. The van der Waals surface area contributed by atoms with Crippen LogP contribution in [0.1, 0.15) is 5.56 Å². The van der Waals surface area contributed by atoms with Gasteiger partial charge in [-0.2, -0.15) is 5.10 Å². The second kappa shape index (κ2) is 2.51. The van der Waals surface area contributed by atoms with Crippen LogP contribution in [-0.2, 0) is 0 Å². The van der Waals surface area contributed by atoms with Crippen LogP contribution < -0.4 is 0 Å². The molecular weight excluding hydrogens is 156 g/mol. The average Bonchev–Trinajstić information content (AvgIpc) is 2.55. The van der Waals surface area contributed by atoms with Crippen LogP contribution in [0, 0.1) is 6.92 Å². The van der Waals surface area contributed by atoms with Gasteiger partial charge in [-0.3, -0.25) is 0 Å². The molecule has 0 radical (unpaired) electrons. The zero-order valence-electron chi connectivity index (χ0n) is 6.19. The van der Waals surface area contributed by atoms with E-state index in [4.69, 9.17) is 0 Å². The lowest BCUT2D eigenvalue weighted by Gasteiger charge is -1.96. The quantitative estimate of drug-likeness (QED) is 0.632. The normalized spacial score (nSPS) is 10.3. The number of hydrogen-bond acceptors (Lipinski definition) is 2. The maximum atomic E-state index is 4.15. The smallest absolute Gasteiger partial charge is 0.120 e. The van der Waals surface area contributed by atoms with Crippen molar-refractivity contribution in [1.82, 2.24) is 9.78 Å². The van der Waals surface area contributed by atoms with E-state index in [0.717, 1.165) is 0 Å². The molecule has 0 N–H and O–H groups in total. The van der Waals surface area contributed by atoms with E-state index in [0.29, 0.717) is 0 Å². The Morgan fingerprint density at radius 3 is 3.00 bits per heavy atom. The minimum Gasteiger partial charge on any atom is -0.231 e. The third-order valence-corrected chi connectivity index (χ3v) is 2.55. The highest BCUT2D eigenvalue weighted by molar-refractivity contribution is 7.12. The molecule has 2 aromatic rings. The fourth-order valence-corrected chi connectivity index (χ4v) is 1.86. The topological polar surface area (TPSA) is 17.8 Å². The van der Waals surface area contributed by atoms with Gasteiger partial charge in [0.2, 0.25) is 0 Å². The lowest BCUT2D eigenvalue weighted by molar-refractivity contribution is 0.891. The maximum Gasteiger partial charge on any atom is 0.120 e. The van der Waals surface area contributed by atoms with Crippen molar-refractivity contribution >= 4 is 11.3 Å². The van der Waals surface area contributed by atoms with E-state index in [1.807, 2.05) is 16.9 Å². The van der Waals surface area contributed by atoms with Crippen molar-refractivity contribution in [3.05, 3.63) is 35.5 Å². The molecular formula is C8H8N2S. The largest absolute Gasteiger partial charge is 0.231 e. The first kappa shape index (κ1) is 6.61. The Bertz CT molecular complexity index is 335. The molecule has 0 amide bonds. The number of aryl methyl sites for hydroxylation is 1. The predicted molar refractivity (Wildman–Crippen MR) is 46.2 cm³/mol. The summed E-state index contributed by atoms with van der Waals surface area (Å²) in [6.45, 7) is 2.09. The second-order valence-corrected chi connectivity index (χ2v) is 3.25. The van der Waals surface area contributed by atoms with Crippen molar-refractivity contribution in [2.45, 2.75) is 6.92 Å². The molecule has 0 saturated heterocycles. The van der Waals surface area contributed by atoms with E-state index in [1.165, 1.54) is 10.6 Å². The Balaban J connectivity index is 2.53. The molecule has 2 nitrogen and oxygen atoms in total. The van der Waals surface area contributed by atoms with E-state index in [2.05, 4.69) is 23.5 Å². The van der Waals surface area contributed by atoms with Crippen LogP contribution in [0.15, 0.2) is 29.9 Å². The van der Waals surface area contributed by atoms with Gasteiger partial charge in [-0.25, -0.2) is 4.68 Å². The Morgan fingerprint density at radius 2 is 2.45 bits per heavy atom. The van der Waals surface area contributed by atoms with Gasteiger partial charge in [0.1, 0.15) is 5.00 Å². The minimum absolute atomic E-state index is 1.20. The number of thiophene rings is 1. The van der Waals surface area contributed by atoms with Crippen LogP contribution in [0.5, 0.6) is 0 Å². The van der Waals surface area contributed by atoms with Crippen molar-refractivity contribution in [2.24, 2.45) is 0 Å². The summed E-state index contributed by atoms with van der Waals surface area (Å²) in [4.78, 5) is 0. The van der Waals surface area contributed by atoms with E-state index in [9.17, 15) is 0 Å². The lowest BCUT2D eigenvalue weighted by atomic mass is 10.4. The molecule has 2 heterocycles. The highest BCUT2D eigenvalue weighted by Gasteiger charge is 2.00. The van der Waals surface area contributed by atoms with Crippen molar-refractivity contribution in [2.75, 3.05) is 0 Å². The molecule has 0 atom stereocenters. The zero-order valence-corrected chi connectivity index (χ0v) is 7.01. The summed E-state index contributed by atoms with van der Waals surface area (Å²) in [6.07, 6.45) is 3.75. The predicted octanol–water partition coefficient (Wildman–Crippen LogP) is 2.24. The van der Waals surface area contributed by atoms with Crippen molar-refractivity contribution in [3.63, 3.8) is 0 Å². The molecule has 0 spiro atoms. The van der Waals surface area contributed by atoms with Gasteiger partial charge in [0.15, 0.2) is 0 Å². The molecule has 56 valence electrons. The van der Waals surface area contributed by atoms with Gasteiger partial charge in [-0.1, -0.05) is 0 Å². The van der Waals surface area contributed by atoms with Crippen molar-refractivity contribution in [3.8, 4) is 5.00 Å². The van der Waals surface area contributed by atoms with Crippen LogP contribution >= 0.6 is 11.3 Å². The first-order chi connectivity index (χ1) is 5.38. The van der Waals surface area contributed by atoms with Crippen molar-refractivity contribution in [1.29, 1.82) is 0 Å². The highest BCUT2D eigenvalue weighted by atomic mass is 32.1. The molecule has 0 bridgehead atoms. The molecule has 0 aromatic carbocycles. The molecule has 3 heteroatoms. The van der Waals surface area contributed by atoms with E-state index in [1.54, 1.807) is 17.5 Å². The number of rotatable bonds is 1. The van der Waals surface area contributed by atoms with E-state index < -0.39 is 0 Å². The van der Waals surface area contributed by atoms with Crippen LogP contribution in [0.4, 0.5) is 0 Å². The second-order valence-electron chi connectivity index (χ2n) is 2.36. The average molecular weight is 164 g/mol. The number of nitrogens with zero attached hydrogens (tertiary/aromatic N) is 2. The fourth-order valence-electron chi connectivity index (χ4n) is 0.988. The molecule has 0 unspecified atom stereocenters. The molecule has 2 aromatic heterocycles. The van der Waals surface area contributed by atoms with Crippen molar-refractivity contribution < 1.29 is 0 Å². The summed E-state index contributed by atoms with van der Waals surface area (Å²) < 4.78 is 1.89. The van der Waals surface area contributed by atoms with Gasteiger partial charge in [0, 0.05) is 12.4 Å². The van der Waals surface area contributed by atoms with Gasteiger partial charge < -0.3 is 0 Å². The Morgan fingerprint density at radius 1 is 1.55 bits per heavy atom. The van der Waals surface area contributed by atoms with Gasteiger partial charge >= 0.3 is 0 Å². The van der Waals surface area contributed by atoms with Crippen LogP contribution in [0.2, 0.25) is 0 Å². The molecule has 0 aliphatic heterocycles. The van der Waals surface area contributed by atoms with Gasteiger partial charge in [-0.15, -0.1) is 11.3 Å². The summed E-state index contributed by atoms with van der Waals surface area (Å²) >= 11 is 1.71. The summed E-state index contributed by atoms with van der Waals surface area (Å²) in [5, 5.41) is 7.43. The molecule has 0 aliphatic carbocycles. The molecule has 2 rings (SSSR count). The first-order valence-corrected chi connectivity index (χ1v) is 4.30. The monoisotopic (exact) mass is 164 g/mol. The van der Waals surface area contributed by atoms with Gasteiger partial charge in [-0.05, 0) is 30.0 Å². The Hall–Kier alpha value is -1.09.